The van der Waals surface area contributed by atoms with Gasteiger partial charge in [-0.25, -0.2) is 9.37 Å². The summed E-state index contributed by atoms with van der Waals surface area (Å²) >= 11 is 7.22. The van der Waals surface area contributed by atoms with Gasteiger partial charge in [0.15, 0.2) is 0 Å². The Bertz CT molecular complexity index is 819. The molecule has 1 aromatic heterocycles. The van der Waals surface area contributed by atoms with E-state index in [1.54, 1.807) is 20.0 Å². The summed E-state index contributed by atoms with van der Waals surface area (Å²) in [6.07, 6.45) is 1.34. The Kier molecular flexibility index (Phi) is 5.06. The molecule has 0 bridgehead atoms. The van der Waals surface area contributed by atoms with E-state index in [4.69, 9.17) is 11.6 Å². The van der Waals surface area contributed by atoms with Crippen LogP contribution in [0.25, 0.3) is 0 Å². The number of halogens is 2. The summed E-state index contributed by atoms with van der Waals surface area (Å²) in [5.74, 6) is -0.622. The number of carbonyl (C=O) groups is 2. The molecule has 2 amide bonds. The number of nitrogens with zero attached hydrogens (tertiary/aromatic N) is 2. The molecule has 0 unspecified atom stereocenters. The summed E-state index contributed by atoms with van der Waals surface area (Å²) < 4.78 is 13.4. The van der Waals surface area contributed by atoms with Gasteiger partial charge in [0.25, 0.3) is 0 Å². The van der Waals surface area contributed by atoms with Crippen molar-refractivity contribution < 1.29 is 14.0 Å². The Morgan fingerprint density at radius 3 is 2.88 bits per heavy atom. The van der Waals surface area contributed by atoms with E-state index in [2.05, 4.69) is 10.3 Å². The quantitative estimate of drug-likeness (QED) is 0.882. The van der Waals surface area contributed by atoms with Crippen LogP contribution in [-0.2, 0) is 16.0 Å². The first kappa shape index (κ1) is 17.8. The number of amides is 2. The Labute approximate surface area is 153 Å². The highest BCUT2D eigenvalue weighted by molar-refractivity contribution is 7.16. The lowest BCUT2D eigenvalue weighted by molar-refractivity contribution is -0.131. The van der Waals surface area contributed by atoms with Gasteiger partial charge in [0, 0.05) is 24.9 Å². The largest absolute Gasteiger partial charge is 0.334 e. The van der Waals surface area contributed by atoms with Crippen molar-refractivity contribution >= 4 is 39.8 Å². The average molecular weight is 382 g/mol. The molecular formula is C17H17ClFN3O2S. The number of thiazole rings is 1. The molecule has 1 atom stereocenters. The van der Waals surface area contributed by atoms with Crippen LogP contribution in [-0.4, -0.2) is 34.8 Å². The lowest BCUT2D eigenvalue weighted by Crippen LogP contribution is -2.38. The topological polar surface area (TPSA) is 62.3 Å². The summed E-state index contributed by atoms with van der Waals surface area (Å²) in [6.45, 7) is 1.80. The van der Waals surface area contributed by atoms with Gasteiger partial charge in [-0.1, -0.05) is 11.6 Å². The van der Waals surface area contributed by atoms with E-state index in [9.17, 15) is 14.0 Å². The van der Waals surface area contributed by atoms with E-state index in [-0.39, 0.29) is 11.8 Å². The van der Waals surface area contributed by atoms with Crippen molar-refractivity contribution in [3.63, 3.8) is 0 Å². The van der Waals surface area contributed by atoms with Crippen molar-refractivity contribution in [2.75, 3.05) is 12.4 Å². The summed E-state index contributed by atoms with van der Waals surface area (Å²) in [4.78, 5) is 29.9. The Hall–Kier alpha value is -1.99. The maximum atomic E-state index is 13.4. The fraction of sp³-hybridized carbons (Fsp3) is 0.353. The minimum absolute atomic E-state index is 0.0233. The molecule has 2 aromatic rings. The van der Waals surface area contributed by atoms with Crippen molar-refractivity contribution in [3.05, 3.63) is 45.3 Å². The van der Waals surface area contributed by atoms with Gasteiger partial charge in [0.1, 0.15) is 16.9 Å². The maximum absolute atomic E-state index is 13.4. The standard InChI is InChI=1S/C17H17ClFN3O2S/c1-9-17(21-16(24)13-3-4-15(23)22(13)2)25-14(20-9)7-10-5-11(18)8-12(19)6-10/h5-6,8,13H,3-4,7H2,1-2H3,(H,21,24)/t13-/m0/s1. The zero-order chi connectivity index (χ0) is 18.1. The van der Waals surface area contributed by atoms with E-state index in [0.717, 1.165) is 10.6 Å². The molecule has 1 aliphatic heterocycles. The third-order valence-electron chi connectivity index (χ3n) is 4.15. The summed E-state index contributed by atoms with van der Waals surface area (Å²) in [5.41, 5.74) is 1.42. The molecule has 0 aliphatic carbocycles. The smallest absolute Gasteiger partial charge is 0.247 e. The molecule has 0 radical (unpaired) electrons. The Morgan fingerprint density at radius 2 is 2.24 bits per heavy atom. The summed E-state index contributed by atoms with van der Waals surface area (Å²) in [6, 6.07) is 3.92. The second-order valence-electron chi connectivity index (χ2n) is 6.02. The Balaban J connectivity index is 1.72. The molecule has 0 saturated carbocycles. The van der Waals surface area contributed by atoms with Gasteiger partial charge in [-0.05, 0) is 37.1 Å². The van der Waals surface area contributed by atoms with Crippen molar-refractivity contribution in [1.82, 2.24) is 9.88 Å². The number of aromatic nitrogens is 1. The molecule has 1 aliphatic rings. The van der Waals surface area contributed by atoms with Crippen molar-refractivity contribution in [1.29, 1.82) is 0 Å². The van der Waals surface area contributed by atoms with Gasteiger partial charge in [0.2, 0.25) is 11.8 Å². The van der Waals surface area contributed by atoms with Gasteiger partial charge < -0.3 is 10.2 Å². The first-order valence-electron chi connectivity index (χ1n) is 7.81. The fourth-order valence-electron chi connectivity index (χ4n) is 2.84. The monoisotopic (exact) mass is 381 g/mol. The van der Waals surface area contributed by atoms with Crippen LogP contribution in [0.5, 0.6) is 0 Å². The number of aryl methyl sites for hydroxylation is 1. The molecule has 25 heavy (non-hydrogen) atoms. The van der Waals surface area contributed by atoms with Crippen LogP contribution in [0.4, 0.5) is 9.39 Å². The van der Waals surface area contributed by atoms with E-state index in [0.29, 0.717) is 35.0 Å². The average Bonchev–Trinajstić information content (AvgIpc) is 3.01. The normalized spacial score (nSPS) is 17.2. The first-order valence-corrected chi connectivity index (χ1v) is 9.00. The highest BCUT2D eigenvalue weighted by atomic mass is 35.5. The number of rotatable bonds is 4. The zero-order valence-electron chi connectivity index (χ0n) is 13.8. The maximum Gasteiger partial charge on any atom is 0.247 e. The second kappa shape index (κ2) is 7.09. The number of benzene rings is 1. The van der Waals surface area contributed by atoms with Gasteiger partial charge in [-0.2, -0.15) is 0 Å². The van der Waals surface area contributed by atoms with Crippen LogP contribution in [0.15, 0.2) is 18.2 Å². The van der Waals surface area contributed by atoms with Crippen LogP contribution in [0.1, 0.15) is 29.1 Å². The number of carbonyl (C=O) groups excluding carboxylic acids is 2. The molecule has 0 spiro atoms. The van der Waals surface area contributed by atoms with E-state index in [1.807, 2.05) is 0 Å². The lowest BCUT2D eigenvalue weighted by atomic mass is 10.1. The number of likely N-dealkylation sites (tertiary alicyclic amines) is 1. The summed E-state index contributed by atoms with van der Waals surface area (Å²) in [5, 5.41) is 4.60. The van der Waals surface area contributed by atoms with E-state index in [1.165, 1.54) is 28.4 Å². The van der Waals surface area contributed by atoms with Crippen molar-refractivity contribution in [2.24, 2.45) is 0 Å². The van der Waals surface area contributed by atoms with Crippen LogP contribution in [0, 0.1) is 12.7 Å². The first-order chi connectivity index (χ1) is 11.8. The minimum atomic E-state index is -0.445. The minimum Gasteiger partial charge on any atom is -0.334 e. The fourth-order valence-corrected chi connectivity index (χ4v) is 4.08. The molecular weight excluding hydrogens is 365 g/mol. The molecule has 8 heteroatoms. The van der Waals surface area contributed by atoms with Crippen molar-refractivity contribution in [2.45, 2.75) is 32.2 Å². The molecule has 3 rings (SSSR count). The molecule has 1 saturated heterocycles. The van der Waals surface area contributed by atoms with Crippen LogP contribution in [0.3, 0.4) is 0 Å². The summed E-state index contributed by atoms with van der Waals surface area (Å²) in [7, 11) is 1.64. The number of likely N-dealkylation sites (N-methyl/N-ethyl adjacent to an activating group) is 1. The van der Waals surface area contributed by atoms with Gasteiger partial charge in [-0.3, -0.25) is 9.59 Å². The third-order valence-corrected chi connectivity index (χ3v) is 5.44. The van der Waals surface area contributed by atoms with Gasteiger partial charge in [0.05, 0.1) is 10.7 Å². The Morgan fingerprint density at radius 1 is 1.48 bits per heavy atom. The van der Waals surface area contributed by atoms with Gasteiger partial charge >= 0.3 is 0 Å². The zero-order valence-corrected chi connectivity index (χ0v) is 15.4. The van der Waals surface area contributed by atoms with Gasteiger partial charge in [-0.15, -0.1) is 11.3 Å². The number of hydrogen-bond donors (Lipinski definition) is 1. The molecule has 1 aromatic carbocycles. The predicted octanol–water partition coefficient (Wildman–Crippen LogP) is 3.39. The van der Waals surface area contributed by atoms with E-state index >= 15 is 0 Å². The molecule has 1 fully saturated rings. The number of nitrogens with one attached hydrogen (secondary N) is 1. The lowest BCUT2D eigenvalue weighted by Gasteiger charge is -2.18. The second-order valence-corrected chi connectivity index (χ2v) is 7.55. The number of hydrogen-bond acceptors (Lipinski definition) is 4. The molecule has 5 nitrogen and oxygen atoms in total. The van der Waals surface area contributed by atoms with Crippen LogP contribution in [0.2, 0.25) is 5.02 Å². The molecule has 2 heterocycles. The number of anilines is 1. The van der Waals surface area contributed by atoms with Crippen LogP contribution < -0.4 is 5.32 Å². The van der Waals surface area contributed by atoms with Crippen LogP contribution >= 0.6 is 22.9 Å². The molecule has 132 valence electrons. The van der Waals surface area contributed by atoms with Crippen molar-refractivity contribution in [3.8, 4) is 0 Å². The SMILES string of the molecule is Cc1nc(Cc2cc(F)cc(Cl)c2)sc1NC(=O)[C@@H]1CCC(=O)N1C. The highest BCUT2D eigenvalue weighted by Gasteiger charge is 2.33. The molecule has 1 N–H and O–H groups in total. The highest BCUT2D eigenvalue weighted by Crippen LogP contribution is 2.28. The third kappa shape index (κ3) is 3.99. The van der Waals surface area contributed by atoms with E-state index < -0.39 is 11.9 Å². The predicted molar refractivity (Wildman–Crippen MR) is 95.5 cm³/mol.